The summed E-state index contributed by atoms with van der Waals surface area (Å²) in [5.74, 6) is -0.569. The smallest absolute Gasteiger partial charge is 0.349 e. The molecule has 9 heteroatoms. The molecule has 174 valence electrons. The fourth-order valence-corrected chi connectivity index (χ4v) is 5.02. The van der Waals surface area contributed by atoms with Crippen LogP contribution in [0.3, 0.4) is 0 Å². The maximum atomic E-state index is 13.1. The summed E-state index contributed by atoms with van der Waals surface area (Å²) in [5.41, 5.74) is 1.06. The molecule has 0 aliphatic rings. The zero-order valence-corrected chi connectivity index (χ0v) is 21.0. The quantitative estimate of drug-likeness (QED) is 0.236. The van der Waals surface area contributed by atoms with Crippen molar-refractivity contribution in [2.75, 3.05) is 19.0 Å². The van der Waals surface area contributed by atoms with Gasteiger partial charge in [0.25, 0.3) is 5.91 Å². The van der Waals surface area contributed by atoms with Gasteiger partial charge in [-0.05, 0) is 55.8 Å². The second-order valence-electron chi connectivity index (χ2n) is 7.27. The molecule has 4 aromatic rings. The van der Waals surface area contributed by atoms with Gasteiger partial charge in [0.15, 0.2) is 0 Å². The minimum Gasteiger partial charge on any atom is -0.494 e. The number of anilines is 1. The molecule has 2 aromatic heterocycles. The molecule has 0 radical (unpaired) electrons. The zero-order valence-electron chi connectivity index (χ0n) is 18.6. The van der Waals surface area contributed by atoms with Gasteiger partial charge in [0.1, 0.15) is 27.5 Å². The van der Waals surface area contributed by atoms with Crippen LogP contribution in [0.4, 0.5) is 5.00 Å². The van der Waals surface area contributed by atoms with Crippen LogP contribution in [-0.2, 0) is 4.74 Å². The fraction of sp³-hybridized carbons (Fsp3) is 0.160. The maximum Gasteiger partial charge on any atom is 0.349 e. The third-order valence-electron chi connectivity index (χ3n) is 5.09. The highest BCUT2D eigenvalue weighted by molar-refractivity contribution is 9.10. The van der Waals surface area contributed by atoms with Crippen molar-refractivity contribution in [2.24, 2.45) is 0 Å². The van der Waals surface area contributed by atoms with Crippen molar-refractivity contribution in [1.82, 2.24) is 0 Å². The van der Waals surface area contributed by atoms with Crippen LogP contribution in [0.25, 0.3) is 22.1 Å². The molecule has 0 aliphatic carbocycles. The molecule has 2 aromatic carbocycles. The lowest BCUT2D eigenvalue weighted by Gasteiger charge is -2.09. The molecule has 0 aliphatic heterocycles. The predicted octanol–water partition coefficient (Wildman–Crippen LogP) is 6.03. The van der Waals surface area contributed by atoms with Gasteiger partial charge < -0.3 is 19.2 Å². The summed E-state index contributed by atoms with van der Waals surface area (Å²) in [6.45, 7) is 4.29. The molecule has 0 saturated carbocycles. The molecule has 0 fully saturated rings. The van der Waals surface area contributed by atoms with E-state index in [0.29, 0.717) is 28.9 Å². The van der Waals surface area contributed by atoms with Crippen LogP contribution in [0, 0.1) is 6.92 Å². The summed E-state index contributed by atoms with van der Waals surface area (Å²) in [5, 5.41) is 3.58. The Kier molecular flexibility index (Phi) is 6.85. The van der Waals surface area contributed by atoms with Crippen molar-refractivity contribution in [3.8, 4) is 16.9 Å². The van der Waals surface area contributed by atoms with Crippen LogP contribution < -0.4 is 15.7 Å². The number of esters is 1. The number of amides is 1. The molecule has 0 bridgehead atoms. The molecule has 0 saturated heterocycles. The van der Waals surface area contributed by atoms with E-state index in [1.807, 2.05) is 38.1 Å². The number of aryl methyl sites for hydroxylation is 1. The van der Waals surface area contributed by atoms with Crippen LogP contribution in [-0.4, -0.2) is 25.6 Å². The van der Waals surface area contributed by atoms with Gasteiger partial charge in [0.2, 0.25) is 0 Å². The van der Waals surface area contributed by atoms with Crippen LogP contribution in [0.15, 0.2) is 62.2 Å². The van der Waals surface area contributed by atoms with E-state index in [4.69, 9.17) is 13.9 Å². The number of fused-ring (bicyclic) bond motifs is 1. The molecule has 1 amide bonds. The van der Waals surface area contributed by atoms with Crippen LogP contribution in [0.5, 0.6) is 5.75 Å². The molecule has 0 spiro atoms. The van der Waals surface area contributed by atoms with E-state index < -0.39 is 17.5 Å². The predicted molar refractivity (Wildman–Crippen MR) is 135 cm³/mol. The van der Waals surface area contributed by atoms with Crippen molar-refractivity contribution in [3.05, 3.63) is 79.4 Å². The van der Waals surface area contributed by atoms with Crippen molar-refractivity contribution in [3.63, 3.8) is 0 Å². The summed E-state index contributed by atoms with van der Waals surface area (Å²) in [7, 11) is 1.28. The molecule has 0 atom stereocenters. The summed E-state index contributed by atoms with van der Waals surface area (Å²) in [6.07, 6.45) is 0. The Labute approximate surface area is 207 Å². The van der Waals surface area contributed by atoms with Gasteiger partial charge in [-0.25, -0.2) is 9.59 Å². The maximum absolute atomic E-state index is 13.1. The average Bonchev–Trinajstić information content (AvgIpc) is 3.14. The Morgan fingerprint density at radius 3 is 2.53 bits per heavy atom. The van der Waals surface area contributed by atoms with E-state index in [0.717, 1.165) is 14.9 Å². The van der Waals surface area contributed by atoms with Crippen LogP contribution >= 0.6 is 27.3 Å². The standard InChI is InChI=1S/C25H20BrNO6S/c1-4-32-17-8-5-14(6-9-17)20-13(2)34-23(21(20)25(30)31-3)27-22(28)18-12-15-11-16(26)7-10-19(15)33-24(18)29/h5-12H,4H2,1-3H3,(H,27,28). The van der Waals surface area contributed by atoms with Gasteiger partial charge in [-0.2, -0.15) is 0 Å². The number of benzene rings is 2. The van der Waals surface area contributed by atoms with Crippen molar-refractivity contribution in [2.45, 2.75) is 13.8 Å². The van der Waals surface area contributed by atoms with Gasteiger partial charge in [-0.3, -0.25) is 4.79 Å². The van der Waals surface area contributed by atoms with E-state index in [9.17, 15) is 14.4 Å². The molecule has 4 rings (SSSR count). The highest BCUT2D eigenvalue weighted by atomic mass is 79.9. The van der Waals surface area contributed by atoms with Gasteiger partial charge >= 0.3 is 11.6 Å². The third-order valence-corrected chi connectivity index (χ3v) is 6.61. The second kappa shape index (κ2) is 9.82. The van der Waals surface area contributed by atoms with Gasteiger partial charge in [0.05, 0.1) is 13.7 Å². The Bertz CT molecular complexity index is 1460. The Morgan fingerprint density at radius 1 is 1.12 bits per heavy atom. The molecular weight excluding hydrogens is 522 g/mol. The minimum absolute atomic E-state index is 0.171. The van der Waals surface area contributed by atoms with Gasteiger partial charge in [-0.15, -0.1) is 11.3 Å². The zero-order chi connectivity index (χ0) is 24.4. The number of rotatable bonds is 6. The van der Waals surface area contributed by atoms with Crippen molar-refractivity contribution >= 4 is 55.1 Å². The second-order valence-corrected chi connectivity index (χ2v) is 9.41. The average molecular weight is 542 g/mol. The number of thiophene rings is 1. The Hall–Kier alpha value is -3.43. The number of carbonyl (C=O) groups is 2. The molecule has 2 heterocycles. The van der Waals surface area contributed by atoms with Gasteiger partial charge in [0, 0.05) is 20.3 Å². The number of methoxy groups -OCH3 is 1. The topological polar surface area (TPSA) is 94.8 Å². The van der Waals surface area contributed by atoms with E-state index in [1.54, 1.807) is 18.2 Å². The number of halogens is 1. The van der Waals surface area contributed by atoms with E-state index in [1.165, 1.54) is 24.5 Å². The first-order valence-corrected chi connectivity index (χ1v) is 11.9. The SMILES string of the molecule is CCOc1ccc(-c2c(C)sc(NC(=O)c3cc4cc(Br)ccc4oc3=O)c2C(=O)OC)cc1. The number of nitrogens with one attached hydrogen (secondary N) is 1. The van der Waals surface area contributed by atoms with Crippen LogP contribution in [0.2, 0.25) is 0 Å². The Morgan fingerprint density at radius 2 is 1.85 bits per heavy atom. The van der Waals surface area contributed by atoms with Crippen LogP contribution in [0.1, 0.15) is 32.5 Å². The molecule has 0 unspecified atom stereocenters. The largest absolute Gasteiger partial charge is 0.494 e. The van der Waals surface area contributed by atoms with Gasteiger partial charge in [-0.1, -0.05) is 28.1 Å². The summed E-state index contributed by atoms with van der Waals surface area (Å²) in [6, 6.07) is 13.9. The summed E-state index contributed by atoms with van der Waals surface area (Å²) >= 11 is 4.59. The van der Waals surface area contributed by atoms with E-state index in [-0.39, 0.29) is 16.1 Å². The highest BCUT2D eigenvalue weighted by Gasteiger charge is 2.26. The summed E-state index contributed by atoms with van der Waals surface area (Å²) in [4.78, 5) is 39.1. The lowest BCUT2D eigenvalue weighted by Crippen LogP contribution is -2.21. The first-order valence-electron chi connectivity index (χ1n) is 10.3. The fourth-order valence-electron chi connectivity index (χ4n) is 3.58. The minimum atomic E-state index is -0.771. The lowest BCUT2D eigenvalue weighted by atomic mass is 10.0. The first kappa shape index (κ1) is 23.7. The Balaban J connectivity index is 1.75. The number of ether oxygens (including phenoxy) is 2. The normalized spacial score (nSPS) is 10.8. The third kappa shape index (κ3) is 4.62. The van der Waals surface area contributed by atoms with Crippen molar-refractivity contribution < 1.29 is 23.5 Å². The molecular formula is C25H20BrNO6S. The monoisotopic (exact) mass is 541 g/mol. The number of hydrogen-bond acceptors (Lipinski definition) is 7. The van der Waals surface area contributed by atoms with Crippen molar-refractivity contribution in [1.29, 1.82) is 0 Å². The number of hydrogen-bond donors (Lipinski definition) is 1. The molecule has 34 heavy (non-hydrogen) atoms. The number of carbonyl (C=O) groups excluding carboxylic acids is 2. The molecule has 1 N–H and O–H groups in total. The highest BCUT2D eigenvalue weighted by Crippen LogP contribution is 2.41. The van der Waals surface area contributed by atoms with E-state index >= 15 is 0 Å². The first-order chi connectivity index (χ1) is 16.3. The molecule has 7 nitrogen and oxygen atoms in total. The summed E-state index contributed by atoms with van der Waals surface area (Å²) < 4.78 is 16.6. The lowest BCUT2D eigenvalue weighted by molar-refractivity contribution is 0.0603. The van der Waals surface area contributed by atoms with E-state index in [2.05, 4.69) is 21.2 Å².